The van der Waals surface area contributed by atoms with Crippen LogP contribution in [-0.4, -0.2) is 52.8 Å². The molecule has 2 saturated heterocycles. The van der Waals surface area contributed by atoms with Crippen molar-refractivity contribution >= 4 is 28.9 Å². The van der Waals surface area contributed by atoms with Crippen LogP contribution in [0, 0.1) is 11.3 Å². The first-order valence-electron chi connectivity index (χ1n) is 9.14. The fourth-order valence-electron chi connectivity index (χ4n) is 3.66. The van der Waals surface area contributed by atoms with E-state index in [1.165, 1.54) is 17.9 Å². The van der Waals surface area contributed by atoms with E-state index >= 15 is 0 Å². The van der Waals surface area contributed by atoms with E-state index in [1.54, 1.807) is 24.8 Å². The number of benzene rings is 1. The topological polar surface area (TPSA) is 70.8 Å². The number of nitriles is 1. The first kappa shape index (κ1) is 23.0. The van der Waals surface area contributed by atoms with Crippen LogP contribution in [-0.2, 0) is 11.0 Å². The Labute approximate surface area is 188 Å². The van der Waals surface area contributed by atoms with Crippen molar-refractivity contribution in [3.05, 3.63) is 29.3 Å². The van der Waals surface area contributed by atoms with Crippen LogP contribution in [0.5, 0.6) is 0 Å². The van der Waals surface area contributed by atoms with Crippen LogP contribution in [0.2, 0.25) is 0 Å². The van der Waals surface area contributed by atoms with Crippen molar-refractivity contribution < 1.29 is 44.3 Å². The average Bonchev–Trinajstić information content (AvgIpc) is 2.85. The first-order valence-corrected chi connectivity index (χ1v) is 12.3. The fraction of sp³-hybridized carbons (Fsp3) is 0.526. The zero-order valence-corrected chi connectivity index (χ0v) is 19.5. The van der Waals surface area contributed by atoms with Gasteiger partial charge in [0.15, 0.2) is 0 Å². The van der Waals surface area contributed by atoms with Gasteiger partial charge in [0.2, 0.25) is 0 Å². The summed E-state index contributed by atoms with van der Waals surface area (Å²) in [4.78, 5) is 16.7. The van der Waals surface area contributed by atoms with Gasteiger partial charge in [-0.15, -0.1) is 0 Å². The van der Waals surface area contributed by atoms with Crippen LogP contribution in [0.15, 0.2) is 18.2 Å². The number of hydrogen-bond donors (Lipinski definition) is 1. The van der Waals surface area contributed by atoms with Crippen molar-refractivity contribution in [2.24, 2.45) is 0 Å². The molecule has 2 unspecified atom stereocenters. The molecular weight excluding hydrogens is 532 g/mol. The molecule has 0 aromatic heterocycles. The number of aliphatic hydroxyl groups is 1. The van der Waals surface area contributed by atoms with Crippen LogP contribution in [0.25, 0.3) is 0 Å². The van der Waals surface area contributed by atoms with Gasteiger partial charge in [0.1, 0.15) is 0 Å². The van der Waals surface area contributed by atoms with E-state index in [-0.39, 0.29) is 20.8 Å². The second-order valence-electron chi connectivity index (χ2n) is 7.67. The predicted molar refractivity (Wildman–Crippen MR) is 104 cm³/mol. The van der Waals surface area contributed by atoms with Crippen molar-refractivity contribution in [2.45, 2.75) is 49.2 Å². The number of amides is 1. The van der Waals surface area contributed by atoms with Crippen molar-refractivity contribution in [3.8, 4) is 6.07 Å². The van der Waals surface area contributed by atoms with Crippen LogP contribution >= 0.6 is 12.2 Å². The summed E-state index contributed by atoms with van der Waals surface area (Å²) in [6, 6.07) is 4.89. The van der Waals surface area contributed by atoms with Crippen LogP contribution in [0.4, 0.5) is 18.9 Å². The Kier molecular flexibility index (Phi) is 6.23. The number of carbonyl (C=O) groups excluding carboxylic acids is 1. The molecule has 1 N–H and O–H groups in total. The van der Waals surface area contributed by atoms with E-state index in [0.717, 1.165) is 12.1 Å². The molecule has 2 atom stereocenters. The van der Waals surface area contributed by atoms with Gasteiger partial charge in [0.05, 0.1) is 0 Å². The van der Waals surface area contributed by atoms with Crippen molar-refractivity contribution in [2.75, 3.05) is 16.0 Å². The molecule has 2 heterocycles. The molecular formula is C19H21F3IN4O2S-. The molecule has 3 rings (SSSR count). The third-order valence-corrected chi connectivity index (χ3v) is 9.18. The third kappa shape index (κ3) is 3.97. The standard InChI is InChI=1S/C19H21F3IN4O2S/c1-11(28)25-7-6-15(23-10-25)27-17(30)26(16(29)18(27,2)3)13-5-4-12(9-24)14(8-13)19(20,21)22/h4-5,8,15-16,29H,6-7,10H2,1-3H3/q-1. The Balaban J connectivity index is 1.94. The maximum atomic E-state index is 13.4. The van der Waals surface area contributed by atoms with Crippen LogP contribution < -0.4 is 26.1 Å². The van der Waals surface area contributed by atoms with Gasteiger partial charge in [0.25, 0.3) is 0 Å². The van der Waals surface area contributed by atoms with Crippen molar-refractivity contribution in [1.82, 2.24) is 9.80 Å². The zero-order chi connectivity index (χ0) is 22.4. The Morgan fingerprint density at radius 2 is 2.07 bits per heavy atom. The number of halogens is 4. The summed E-state index contributed by atoms with van der Waals surface area (Å²) in [5.41, 5.74) is -2.28. The zero-order valence-electron chi connectivity index (χ0n) is 16.6. The number of thiocarbonyl (C=S) groups is 1. The second kappa shape index (κ2) is 8.12. The first-order chi connectivity index (χ1) is 13.9. The molecule has 0 radical (unpaired) electrons. The van der Waals surface area contributed by atoms with E-state index < -0.39 is 50.3 Å². The van der Waals surface area contributed by atoms with Gasteiger partial charge in [-0.3, -0.25) is 0 Å². The summed E-state index contributed by atoms with van der Waals surface area (Å²) in [5, 5.41) is 20.3. The minimum absolute atomic E-state index is 0.0235. The molecule has 0 saturated carbocycles. The Bertz CT molecular complexity index is 910. The van der Waals surface area contributed by atoms with E-state index in [2.05, 4.69) is 0 Å². The molecule has 1 aromatic carbocycles. The molecule has 30 heavy (non-hydrogen) atoms. The summed E-state index contributed by atoms with van der Waals surface area (Å²) in [6.07, 6.45) is -5.17. The fourth-order valence-corrected chi connectivity index (χ4v) is 8.26. The number of nitrogens with zero attached hydrogens (tertiary/aromatic N) is 4. The van der Waals surface area contributed by atoms with Crippen LogP contribution in [0.3, 0.4) is 0 Å². The Hall–Kier alpha value is -1.65. The second-order valence-corrected chi connectivity index (χ2v) is 11.0. The SMILES string of the molecule is CC(=O)N1CCC(N2C(=S)N(c3ccc(C#N)c(C(F)(F)F)c3)C(O)C2(C)C)[I-]C1. The van der Waals surface area contributed by atoms with Gasteiger partial charge >= 0.3 is 189 Å². The molecule has 2 aliphatic heterocycles. The number of alkyl halides is 5. The molecule has 6 nitrogen and oxygen atoms in total. The van der Waals surface area contributed by atoms with E-state index in [0.29, 0.717) is 17.5 Å². The van der Waals surface area contributed by atoms with E-state index in [1.807, 2.05) is 4.90 Å². The number of rotatable bonds is 2. The van der Waals surface area contributed by atoms with Crippen molar-refractivity contribution in [3.63, 3.8) is 0 Å². The van der Waals surface area contributed by atoms with E-state index in [9.17, 15) is 23.1 Å². The molecule has 1 aromatic rings. The van der Waals surface area contributed by atoms with Gasteiger partial charge in [-0.25, -0.2) is 0 Å². The van der Waals surface area contributed by atoms with Crippen LogP contribution in [0.1, 0.15) is 38.3 Å². The molecule has 0 bridgehead atoms. The Morgan fingerprint density at radius 1 is 1.40 bits per heavy atom. The third-order valence-electron chi connectivity index (χ3n) is 5.37. The molecule has 11 heteroatoms. The summed E-state index contributed by atoms with van der Waals surface area (Å²) < 4.78 is 41.0. The molecule has 0 aliphatic carbocycles. The van der Waals surface area contributed by atoms with Gasteiger partial charge in [-0.2, -0.15) is 0 Å². The molecule has 0 spiro atoms. The molecule has 2 aliphatic rings. The summed E-state index contributed by atoms with van der Waals surface area (Å²) in [5.74, 6) is 0.0235. The summed E-state index contributed by atoms with van der Waals surface area (Å²) in [6.45, 7) is 5.72. The van der Waals surface area contributed by atoms with Gasteiger partial charge in [-0.1, -0.05) is 0 Å². The van der Waals surface area contributed by atoms with Crippen molar-refractivity contribution in [1.29, 1.82) is 5.26 Å². The quantitative estimate of drug-likeness (QED) is 0.235. The molecule has 1 amide bonds. The summed E-state index contributed by atoms with van der Waals surface area (Å²) in [7, 11) is 0. The number of aliphatic hydroxyl groups excluding tert-OH is 1. The average molecular weight is 553 g/mol. The molecule has 2 fully saturated rings. The maximum absolute atomic E-state index is 13.4. The monoisotopic (exact) mass is 553 g/mol. The van der Waals surface area contributed by atoms with Gasteiger partial charge in [-0.05, 0) is 0 Å². The minimum atomic E-state index is -4.70. The van der Waals surface area contributed by atoms with E-state index in [4.69, 9.17) is 17.5 Å². The normalized spacial score (nSPS) is 24.5. The van der Waals surface area contributed by atoms with Gasteiger partial charge in [0, 0.05) is 0 Å². The summed E-state index contributed by atoms with van der Waals surface area (Å²) >= 11 is 5.13. The number of hydrogen-bond acceptors (Lipinski definition) is 4. The predicted octanol–water partition coefficient (Wildman–Crippen LogP) is -0.294. The molecule has 164 valence electrons. The number of carbonyl (C=O) groups is 1. The Morgan fingerprint density at radius 3 is 2.57 bits per heavy atom. The number of anilines is 1. The van der Waals surface area contributed by atoms with Gasteiger partial charge < -0.3 is 0 Å².